The van der Waals surface area contributed by atoms with Crippen molar-refractivity contribution in [2.75, 3.05) is 4.90 Å². The summed E-state index contributed by atoms with van der Waals surface area (Å²) in [4.78, 5) is 2.39. The number of hydrogen-bond donors (Lipinski definition) is 0. The van der Waals surface area contributed by atoms with Crippen LogP contribution in [0.2, 0.25) is 0 Å². The number of aromatic nitrogens is 2. The fraction of sp³-hybridized carbons (Fsp3) is 0. The Bertz CT molecular complexity index is 2980. The van der Waals surface area contributed by atoms with Gasteiger partial charge in [-0.1, -0.05) is 114 Å². The number of thiophene rings is 2. The van der Waals surface area contributed by atoms with Gasteiger partial charge in [-0.15, -0.1) is 32.9 Å². The Morgan fingerprint density at radius 1 is 0.346 bits per heavy atom. The number of benzene rings is 8. The lowest BCUT2D eigenvalue weighted by molar-refractivity contribution is 1.10. The fourth-order valence-electron chi connectivity index (χ4n) is 7.59. The number of fused-ring (bicyclic) bond motifs is 10. The Morgan fingerprint density at radius 2 is 0.827 bits per heavy atom. The maximum atomic E-state index is 4.56. The van der Waals surface area contributed by atoms with Crippen LogP contribution in [0.5, 0.6) is 0 Å². The number of nitrogens with zero attached hydrogens (tertiary/aromatic N) is 3. The lowest BCUT2D eigenvalue weighted by Gasteiger charge is -2.26. The van der Waals surface area contributed by atoms with Crippen LogP contribution in [-0.2, 0) is 0 Å². The van der Waals surface area contributed by atoms with Gasteiger partial charge in [0.15, 0.2) is 0 Å². The predicted octanol–water partition coefficient (Wildman–Crippen LogP) is 14.4. The second kappa shape index (κ2) is 11.8. The highest BCUT2D eigenvalue weighted by atomic mass is 32.1. The molecule has 0 aliphatic carbocycles. The van der Waals surface area contributed by atoms with Gasteiger partial charge in [-0.05, 0) is 82.2 Å². The van der Waals surface area contributed by atoms with Crippen molar-refractivity contribution in [2.45, 2.75) is 0 Å². The zero-order valence-corrected chi connectivity index (χ0v) is 30.1. The van der Waals surface area contributed by atoms with Crippen LogP contribution < -0.4 is 4.90 Å². The van der Waals surface area contributed by atoms with Crippen molar-refractivity contribution >= 4 is 113 Å². The number of hydrogen-bond acceptors (Lipinski definition) is 6. The molecule has 0 radical (unpaired) electrons. The largest absolute Gasteiger partial charge is 0.310 e. The summed E-state index contributed by atoms with van der Waals surface area (Å²) in [7, 11) is 0. The highest BCUT2D eigenvalue weighted by Crippen LogP contribution is 2.45. The molecule has 0 atom stereocenters. The minimum absolute atomic E-state index is 0.912. The van der Waals surface area contributed by atoms with Gasteiger partial charge in [0.2, 0.25) is 0 Å². The van der Waals surface area contributed by atoms with Crippen molar-refractivity contribution in [3.63, 3.8) is 0 Å². The molecule has 0 saturated carbocycles. The summed E-state index contributed by atoms with van der Waals surface area (Å²) in [6.07, 6.45) is 0. The quantitative estimate of drug-likeness (QED) is 0.177. The summed E-state index contributed by atoms with van der Waals surface area (Å²) >= 11 is 5.35. The average Bonchev–Trinajstić information content (AvgIpc) is 3.94. The maximum absolute atomic E-state index is 4.56. The van der Waals surface area contributed by atoms with Crippen molar-refractivity contribution < 1.29 is 0 Å². The van der Waals surface area contributed by atoms with Gasteiger partial charge in [0.05, 0.1) is 0 Å². The highest BCUT2D eigenvalue weighted by molar-refractivity contribution is 7.26. The molecular weight excluding hydrogens is 691 g/mol. The van der Waals surface area contributed by atoms with E-state index in [9.17, 15) is 0 Å². The van der Waals surface area contributed by atoms with E-state index in [0.29, 0.717) is 0 Å². The third-order valence-corrected chi connectivity index (χ3v) is 13.3. The normalized spacial score (nSPS) is 11.8. The van der Waals surface area contributed by atoms with Crippen LogP contribution in [0.4, 0.5) is 17.1 Å². The van der Waals surface area contributed by atoms with Gasteiger partial charge in [-0.3, -0.25) is 0 Å². The molecule has 11 rings (SSSR count). The standard InChI is InChI=1S/C46H27N3S3/c1-2-10-30(11-3-1)45-47-48-46(52-45)31-14-18-32(19-15-31)49(33-20-22-37-41(26-33)50-39-24-16-28-8-4-6-12-35(28)43(37)39)34-21-23-38-42(27-34)51-40-25-17-29-9-5-7-13-36(29)44(38)40/h1-27H. The monoisotopic (exact) mass is 717 g/mol. The molecule has 52 heavy (non-hydrogen) atoms. The first-order chi connectivity index (χ1) is 25.7. The second-order valence-electron chi connectivity index (χ2n) is 13.0. The van der Waals surface area contributed by atoms with Crippen molar-refractivity contribution in [1.82, 2.24) is 10.2 Å². The maximum Gasteiger partial charge on any atom is 0.148 e. The molecule has 0 aliphatic heterocycles. The Balaban J connectivity index is 1.07. The van der Waals surface area contributed by atoms with Crippen molar-refractivity contribution in [3.05, 3.63) is 164 Å². The van der Waals surface area contributed by atoms with E-state index in [0.717, 1.165) is 38.2 Å². The zero-order chi connectivity index (χ0) is 34.2. The second-order valence-corrected chi connectivity index (χ2v) is 16.2. The Labute approximate surface area is 311 Å². The van der Waals surface area contributed by atoms with E-state index < -0.39 is 0 Å². The third kappa shape index (κ3) is 4.76. The van der Waals surface area contributed by atoms with E-state index in [-0.39, 0.29) is 0 Å². The molecule has 0 spiro atoms. The Hall–Kier alpha value is -5.92. The van der Waals surface area contributed by atoms with Gasteiger partial charge < -0.3 is 4.90 Å². The molecule has 3 nitrogen and oxygen atoms in total. The Kier molecular flexibility index (Phi) is 6.77. The van der Waals surface area contributed by atoms with Crippen molar-refractivity contribution in [1.29, 1.82) is 0 Å². The summed E-state index contributed by atoms with van der Waals surface area (Å²) in [6, 6.07) is 59.4. The molecule has 0 N–H and O–H groups in total. The SMILES string of the molecule is c1ccc(-c2nnc(-c3ccc(N(c4ccc5c(c4)sc4ccc6ccccc6c45)c4ccc5c(c4)sc4ccc6ccccc6c45)cc3)s2)cc1. The molecule has 244 valence electrons. The predicted molar refractivity (Wildman–Crippen MR) is 226 cm³/mol. The molecule has 0 saturated heterocycles. The molecule has 3 aromatic heterocycles. The first-order valence-electron chi connectivity index (χ1n) is 17.2. The molecular formula is C46H27N3S3. The van der Waals surface area contributed by atoms with Gasteiger partial charge in [0, 0.05) is 68.5 Å². The summed E-state index contributed by atoms with van der Waals surface area (Å²) in [5, 5.41) is 21.3. The van der Waals surface area contributed by atoms with Gasteiger partial charge in [0.1, 0.15) is 10.0 Å². The van der Waals surface area contributed by atoms with Gasteiger partial charge >= 0.3 is 0 Å². The van der Waals surface area contributed by atoms with Crippen molar-refractivity contribution in [3.8, 4) is 21.1 Å². The van der Waals surface area contributed by atoms with Crippen LogP contribution in [-0.4, -0.2) is 10.2 Å². The molecule has 0 aliphatic rings. The smallest absolute Gasteiger partial charge is 0.148 e. The lowest BCUT2D eigenvalue weighted by atomic mass is 10.0. The molecule has 8 aromatic carbocycles. The van der Waals surface area contributed by atoms with Gasteiger partial charge in [-0.25, -0.2) is 0 Å². The topological polar surface area (TPSA) is 29.0 Å². The summed E-state index contributed by atoms with van der Waals surface area (Å²) in [5.41, 5.74) is 5.49. The molecule has 11 aromatic rings. The van der Waals surface area contributed by atoms with Crippen LogP contribution in [0.15, 0.2) is 164 Å². The lowest BCUT2D eigenvalue weighted by Crippen LogP contribution is -2.09. The number of anilines is 3. The highest BCUT2D eigenvalue weighted by Gasteiger charge is 2.19. The van der Waals surface area contributed by atoms with Crippen LogP contribution >= 0.6 is 34.0 Å². The minimum Gasteiger partial charge on any atom is -0.310 e. The first kappa shape index (κ1) is 29.8. The summed E-state index contributed by atoms with van der Waals surface area (Å²) in [6.45, 7) is 0. The summed E-state index contributed by atoms with van der Waals surface area (Å²) < 4.78 is 5.18. The molecule has 0 unspecified atom stereocenters. The number of rotatable bonds is 5. The van der Waals surface area contributed by atoms with Crippen LogP contribution in [0.1, 0.15) is 0 Å². The molecule has 0 bridgehead atoms. The van der Waals surface area contributed by atoms with E-state index in [1.165, 1.54) is 61.9 Å². The summed E-state index contributed by atoms with van der Waals surface area (Å²) in [5.74, 6) is 0. The molecule has 0 amide bonds. The van der Waals surface area contributed by atoms with E-state index in [4.69, 9.17) is 0 Å². The van der Waals surface area contributed by atoms with Crippen LogP contribution in [0.3, 0.4) is 0 Å². The van der Waals surface area contributed by atoms with Crippen LogP contribution in [0, 0.1) is 0 Å². The first-order valence-corrected chi connectivity index (χ1v) is 19.7. The van der Waals surface area contributed by atoms with E-state index in [1.807, 2.05) is 40.9 Å². The van der Waals surface area contributed by atoms with E-state index >= 15 is 0 Å². The minimum atomic E-state index is 0.912. The average molecular weight is 718 g/mol. The van der Waals surface area contributed by atoms with Crippen molar-refractivity contribution in [2.24, 2.45) is 0 Å². The zero-order valence-electron chi connectivity index (χ0n) is 27.7. The van der Waals surface area contributed by atoms with Gasteiger partial charge in [-0.2, -0.15) is 0 Å². The Morgan fingerprint density at radius 3 is 1.38 bits per heavy atom. The van der Waals surface area contributed by atoms with E-state index in [2.05, 4.69) is 161 Å². The molecule has 3 heterocycles. The fourth-order valence-corrected chi connectivity index (χ4v) is 10.7. The van der Waals surface area contributed by atoms with Crippen LogP contribution in [0.25, 0.3) is 83.0 Å². The van der Waals surface area contributed by atoms with E-state index in [1.54, 1.807) is 11.3 Å². The molecule has 6 heteroatoms. The van der Waals surface area contributed by atoms with Gasteiger partial charge in [0.25, 0.3) is 0 Å². The third-order valence-electron chi connectivity index (χ3n) is 10.0. The molecule has 0 fully saturated rings.